The minimum Gasteiger partial charge on any atom is -0.465 e. The van der Waals surface area contributed by atoms with Gasteiger partial charge >= 0.3 is 5.97 Å². The van der Waals surface area contributed by atoms with E-state index < -0.39 is 0 Å². The van der Waals surface area contributed by atoms with E-state index in [-0.39, 0.29) is 17.0 Å². The number of para-hydroxylation sites is 1. The van der Waals surface area contributed by atoms with Crippen LogP contribution in [0.25, 0.3) is 0 Å². The Morgan fingerprint density at radius 2 is 2.00 bits per heavy atom. The molecule has 3 rings (SSSR count). The molecule has 1 atom stereocenters. The number of nitrogens with zero attached hydrogens (tertiary/aromatic N) is 1. The van der Waals surface area contributed by atoms with Gasteiger partial charge in [-0.3, -0.25) is 9.79 Å². The van der Waals surface area contributed by atoms with E-state index in [4.69, 9.17) is 9.73 Å². The van der Waals surface area contributed by atoms with E-state index in [9.17, 15) is 9.18 Å². The van der Waals surface area contributed by atoms with Crippen LogP contribution in [0.4, 0.5) is 10.1 Å². The van der Waals surface area contributed by atoms with Crippen LogP contribution in [0.3, 0.4) is 0 Å². The van der Waals surface area contributed by atoms with Crippen molar-refractivity contribution in [2.75, 3.05) is 6.61 Å². The van der Waals surface area contributed by atoms with Crippen molar-refractivity contribution in [3.8, 4) is 0 Å². The Labute approximate surface area is 138 Å². The molecule has 1 aliphatic heterocycles. The highest BCUT2D eigenvalue weighted by Crippen LogP contribution is 2.38. The highest BCUT2D eigenvalue weighted by atomic mass is 32.2. The number of hydrogen-bond acceptors (Lipinski definition) is 4. The van der Waals surface area contributed by atoms with Gasteiger partial charge < -0.3 is 4.74 Å². The molecule has 0 N–H and O–H groups in total. The second-order valence-electron chi connectivity index (χ2n) is 5.10. The number of aliphatic imine (C=N–C) groups is 1. The van der Waals surface area contributed by atoms with Crippen LogP contribution in [0.1, 0.15) is 18.9 Å². The van der Waals surface area contributed by atoms with E-state index in [1.807, 2.05) is 24.3 Å². The minimum atomic E-state index is -0.359. The number of benzene rings is 2. The minimum absolute atomic E-state index is 0.246. The monoisotopic (exact) mass is 329 g/mol. The van der Waals surface area contributed by atoms with Crippen molar-refractivity contribution >= 4 is 29.1 Å². The molecule has 23 heavy (non-hydrogen) atoms. The summed E-state index contributed by atoms with van der Waals surface area (Å²) in [6.07, 6.45) is 0.448. The van der Waals surface area contributed by atoms with E-state index in [0.717, 1.165) is 21.9 Å². The lowest BCUT2D eigenvalue weighted by molar-refractivity contribution is -0.142. The summed E-state index contributed by atoms with van der Waals surface area (Å²) in [5.74, 6) is -0.538. The fourth-order valence-electron chi connectivity index (χ4n) is 2.40. The molecule has 3 nitrogen and oxygen atoms in total. The number of esters is 1. The normalized spacial score (nSPS) is 17.0. The van der Waals surface area contributed by atoms with Crippen molar-refractivity contribution in [3.05, 3.63) is 59.9 Å². The molecule has 5 heteroatoms. The van der Waals surface area contributed by atoms with Gasteiger partial charge in [-0.1, -0.05) is 24.3 Å². The number of ether oxygens (including phenoxy) is 1. The van der Waals surface area contributed by atoms with Gasteiger partial charge in [0.2, 0.25) is 0 Å². The molecular formula is C18H16FNO2S. The summed E-state index contributed by atoms with van der Waals surface area (Å²) in [6, 6.07) is 13.9. The summed E-state index contributed by atoms with van der Waals surface area (Å²) in [7, 11) is 0. The van der Waals surface area contributed by atoms with Gasteiger partial charge in [0, 0.05) is 11.3 Å². The molecule has 1 aliphatic rings. The number of halogens is 1. The first-order valence-electron chi connectivity index (χ1n) is 7.43. The quantitative estimate of drug-likeness (QED) is 0.785. The third kappa shape index (κ3) is 3.62. The zero-order valence-corrected chi connectivity index (χ0v) is 13.5. The molecule has 0 spiro atoms. The van der Waals surface area contributed by atoms with Crippen molar-refractivity contribution < 1.29 is 13.9 Å². The predicted octanol–water partition coefficient (Wildman–Crippen LogP) is 4.37. The molecule has 2 aromatic rings. The summed E-state index contributed by atoms with van der Waals surface area (Å²) in [4.78, 5) is 17.9. The molecule has 0 bridgehead atoms. The number of thioether (sulfide) groups is 1. The fraction of sp³-hybridized carbons (Fsp3) is 0.222. The summed E-state index contributed by atoms with van der Waals surface area (Å²) >= 11 is 1.46. The molecule has 0 fully saturated rings. The summed E-state index contributed by atoms with van der Waals surface area (Å²) in [5.41, 5.74) is 2.40. The van der Waals surface area contributed by atoms with Crippen LogP contribution < -0.4 is 0 Å². The van der Waals surface area contributed by atoms with Crippen molar-refractivity contribution in [2.45, 2.75) is 23.5 Å². The fourth-order valence-corrected chi connectivity index (χ4v) is 3.51. The molecule has 1 heterocycles. The van der Waals surface area contributed by atoms with Crippen LogP contribution in [0.2, 0.25) is 0 Å². The Hall–Kier alpha value is -2.14. The van der Waals surface area contributed by atoms with Gasteiger partial charge in [-0.05, 0) is 36.8 Å². The lowest BCUT2D eigenvalue weighted by Gasteiger charge is -2.14. The van der Waals surface area contributed by atoms with Crippen molar-refractivity contribution in [1.29, 1.82) is 0 Å². The second-order valence-corrected chi connectivity index (χ2v) is 6.34. The number of hydrogen-bond donors (Lipinski definition) is 0. The topological polar surface area (TPSA) is 38.7 Å². The highest BCUT2D eigenvalue weighted by Gasteiger charge is 2.27. The van der Waals surface area contributed by atoms with Gasteiger partial charge in [0.25, 0.3) is 0 Å². The number of carbonyl (C=O) groups is 1. The zero-order chi connectivity index (χ0) is 16.2. The van der Waals surface area contributed by atoms with Crippen molar-refractivity contribution in [3.63, 3.8) is 0 Å². The second kappa shape index (κ2) is 6.96. The predicted molar refractivity (Wildman–Crippen MR) is 89.9 cm³/mol. The van der Waals surface area contributed by atoms with Gasteiger partial charge in [-0.15, -0.1) is 11.8 Å². The molecule has 118 valence electrons. The maximum Gasteiger partial charge on any atom is 0.319 e. The Morgan fingerprint density at radius 3 is 2.74 bits per heavy atom. The Morgan fingerprint density at radius 1 is 1.26 bits per heavy atom. The first-order chi connectivity index (χ1) is 11.2. The van der Waals surface area contributed by atoms with E-state index in [2.05, 4.69) is 0 Å². The lowest BCUT2D eigenvalue weighted by Crippen LogP contribution is -2.23. The van der Waals surface area contributed by atoms with Gasteiger partial charge in [-0.2, -0.15) is 0 Å². The Bertz CT molecular complexity index is 743. The summed E-state index contributed by atoms with van der Waals surface area (Å²) in [6.45, 7) is 2.14. The van der Waals surface area contributed by atoms with Crippen LogP contribution in [0, 0.1) is 5.82 Å². The molecule has 0 aromatic heterocycles. The van der Waals surface area contributed by atoms with Gasteiger partial charge in [0.15, 0.2) is 0 Å². The molecule has 0 saturated heterocycles. The maximum absolute atomic E-state index is 13.2. The molecular weight excluding hydrogens is 313 g/mol. The maximum atomic E-state index is 13.2. The SMILES string of the molecule is CCOC(=O)C1CC(c2ccc(F)cc2)=Nc2ccccc2S1. The van der Waals surface area contributed by atoms with Gasteiger partial charge in [-0.25, -0.2) is 4.39 Å². The number of fused-ring (bicyclic) bond motifs is 1. The van der Waals surface area contributed by atoms with E-state index in [0.29, 0.717) is 13.0 Å². The molecule has 0 amide bonds. The van der Waals surface area contributed by atoms with E-state index >= 15 is 0 Å². The summed E-state index contributed by atoms with van der Waals surface area (Å²) in [5, 5.41) is -0.359. The average Bonchev–Trinajstić information content (AvgIpc) is 2.75. The van der Waals surface area contributed by atoms with Crippen LogP contribution in [-0.4, -0.2) is 23.5 Å². The lowest BCUT2D eigenvalue weighted by atomic mass is 10.0. The van der Waals surface area contributed by atoms with E-state index in [1.165, 1.54) is 23.9 Å². The van der Waals surface area contributed by atoms with Crippen LogP contribution >= 0.6 is 11.8 Å². The number of rotatable bonds is 3. The largest absolute Gasteiger partial charge is 0.465 e. The molecule has 0 aliphatic carbocycles. The van der Waals surface area contributed by atoms with E-state index in [1.54, 1.807) is 19.1 Å². The average molecular weight is 329 g/mol. The first kappa shape index (κ1) is 15.7. The Balaban J connectivity index is 2.01. The third-order valence-corrected chi connectivity index (χ3v) is 4.74. The molecule has 0 radical (unpaired) electrons. The smallest absolute Gasteiger partial charge is 0.319 e. The highest BCUT2D eigenvalue weighted by molar-refractivity contribution is 8.00. The van der Waals surface area contributed by atoms with Crippen LogP contribution in [0.5, 0.6) is 0 Å². The summed E-state index contributed by atoms with van der Waals surface area (Å²) < 4.78 is 18.3. The van der Waals surface area contributed by atoms with Crippen molar-refractivity contribution in [1.82, 2.24) is 0 Å². The third-order valence-electron chi connectivity index (χ3n) is 3.50. The Kier molecular flexibility index (Phi) is 4.76. The number of carbonyl (C=O) groups excluding carboxylic acids is 1. The molecule has 1 unspecified atom stereocenters. The van der Waals surface area contributed by atoms with Gasteiger partial charge in [0.1, 0.15) is 11.1 Å². The van der Waals surface area contributed by atoms with Gasteiger partial charge in [0.05, 0.1) is 18.0 Å². The molecule has 0 saturated carbocycles. The molecule has 2 aromatic carbocycles. The van der Waals surface area contributed by atoms with Crippen LogP contribution in [-0.2, 0) is 9.53 Å². The standard InChI is InChI=1S/C18H16FNO2S/c1-2-22-18(21)17-11-15(12-7-9-13(19)10-8-12)20-14-5-3-4-6-16(14)23-17/h3-10,17H,2,11H2,1H3. The first-order valence-corrected chi connectivity index (χ1v) is 8.31. The van der Waals surface area contributed by atoms with Crippen molar-refractivity contribution in [2.24, 2.45) is 4.99 Å². The zero-order valence-electron chi connectivity index (χ0n) is 12.7. The van der Waals surface area contributed by atoms with Crippen LogP contribution in [0.15, 0.2) is 58.4 Å².